The molecule has 2 unspecified atom stereocenters. The first kappa shape index (κ1) is 19.8. The van der Waals surface area contributed by atoms with Gasteiger partial charge in [0.15, 0.2) is 0 Å². The van der Waals surface area contributed by atoms with E-state index in [4.69, 9.17) is 4.74 Å². The van der Waals surface area contributed by atoms with Gasteiger partial charge in [-0.05, 0) is 37.8 Å². The van der Waals surface area contributed by atoms with Crippen LogP contribution < -0.4 is 0 Å². The second kappa shape index (κ2) is 9.33. The van der Waals surface area contributed by atoms with Gasteiger partial charge in [-0.3, -0.25) is 14.5 Å². The minimum absolute atomic E-state index is 0.0299. The zero-order chi connectivity index (χ0) is 19.2. The molecule has 2 heterocycles. The van der Waals surface area contributed by atoms with Crippen LogP contribution in [0.1, 0.15) is 43.8 Å². The molecule has 0 spiro atoms. The Morgan fingerprint density at radius 1 is 1.11 bits per heavy atom. The number of carbonyl (C=O) groups is 2. The van der Waals surface area contributed by atoms with Gasteiger partial charge in [-0.25, -0.2) is 0 Å². The van der Waals surface area contributed by atoms with Gasteiger partial charge in [0.2, 0.25) is 5.91 Å². The van der Waals surface area contributed by atoms with Gasteiger partial charge in [0.05, 0.1) is 25.7 Å². The molecule has 0 aliphatic carbocycles. The van der Waals surface area contributed by atoms with Crippen LogP contribution in [0, 0.1) is 5.92 Å². The van der Waals surface area contributed by atoms with Crippen LogP contribution in [-0.4, -0.2) is 66.1 Å². The van der Waals surface area contributed by atoms with Gasteiger partial charge in [0, 0.05) is 19.1 Å². The Morgan fingerprint density at radius 3 is 2.48 bits per heavy atom. The normalized spacial score (nSPS) is 23.0. The van der Waals surface area contributed by atoms with Gasteiger partial charge < -0.3 is 14.7 Å². The smallest absolute Gasteiger partial charge is 0.308 e. The summed E-state index contributed by atoms with van der Waals surface area (Å²) in [5.41, 5.74) is 0.903. The van der Waals surface area contributed by atoms with E-state index in [1.54, 1.807) is 0 Å². The molecule has 0 radical (unpaired) electrons. The van der Waals surface area contributed by atoms with Crippen molar-refractivity contribution in [2.24, 2.45) is 5.92 Å². The molecule has 6 heteroatoms. The SMILES string of the molecule is COC(=O)C1CCN(C(=O)CN2CCCCC2C(O)c2ccccc2)CC1. The number of rotatable bonds is 5. The van der Waals surface area contributed by atoms with E-state index in [1.165, 1.54) is 7.11 Å². The van der Waals surface area contributed by atoms with Gasteiger partial charge in [-0.15, -0.1) is 0 Å². The van der Waals surface area contributed by atoms with Crippen molar-refractivity contribution in [2.45, 2.75) is 44.2 Å². The highest BCUT2D eigenvalue weighted by Gasteiger charge is 2.33. The zero-order valence-corrected chi connectivity index (χ0v) is 16.0. The van der Waals surface area contributed by atoms with E-state index in [-0.39, 0.29) is 23.8 Å². The molecule has 2 aliphatic heterocycles. The van der Waals surface area contributed by atoms with Gasteiger partial charge in [-0.1, -0.05) is 36.8 Å². The van der Waals surface area contributed by atoms with E-state index in [9.17, 15) is 14.7 Å². The largest absolute Gasteiger partial charge is 0.469 e. The van der Waals surface area contributed by atoms with Gasteiger partial charge in [-0.2, -0.15) is 0 Å². The highest BCUT2D eigenvalue weighted by Crippen LogP contribution is 2.29. The molecule has 27 heavy (non-hydrogen) atoms. The highest BCUT2D eigenvalue weighted by molar-refractivity contribution is 5.79. The average molecular weight is 374 g/mol. The molecule has 1 amide bonds. The summed E-state index contributed by atoms with van der Waals surface area (Å²) in [6.45, 7) is 2.35. The minimum atomic E-state index is -0.579. The molecule has 148 valence electrons. The Morgan fingerprint density at radius 2 is 1.81 bits per heavy atom. The van der Waals surface area contributed by atoms with Crippen LogP contribution in [0.3, 0.4) is 0 Å². The number of amides is 1. The molecule has 2 saturated heterocycles. The van der Waals surface area contributed by atoms with E-state index in [0.717, 1.165) is 31.4 Å². The van der Waals surface area contributed by atoms with E-state index in [2.05, 4.69) is 4.90 Å². The second-order valence-electron chi connectivity index (χ2n) is 7.57. The molecule has 0 aromatic heterocycles. The van der Waals surface area contributed by atoms with E-state index in [1.807, 2.05) is 35.2 Å². The second-order valence-corrected chi connectivity index (χ2v) is 7.57. The van der Waals surface area contributed by atoms with Crippen LogP contribution >= 0.6 is 0 Å². The number of ether oxygens (including phenoxy) is 1. The van der Waals surface area contributed by atoms with E-state index < -0.39 is 6.10 Å². The fourth-order valence-electron chi connectivity index (χ4n) is 4.25. The Kier molecular flexibility index (Phi) is 6.85. The molecule has 2 aliphatic rings. The molecule has 0 bridgehead atoms. The van der Waals surface area contributed by atoms with Crippen molar-refractivity contribution >= 4 is 11.9 Å². The number of benzene rings is 1. The van der Waals surface area contributed by atoms with Crippen LogP contribution in [0.5, 0.6) is 0 Å². The first-order chi connectivity index (χ1) is 13.1. The molecule has 6 nitrogen and oxygen atoms in total. The zero-order valence-electron chi connectivity index (χ0n) is 16.0. The minimum Gasteiger partial charge on any atom is -0.469 e. The number of aliphatic hydroxyl groups is 1. The maximum atomic E-state index is 12.8. The highest BCUT2D eigenvalue weighted by atomic mass is 16.5. The maximum absolute atomic E-state index is 12.8. The fraction of sp³-hybridized carbons (Fsp3) is 0.619. The average Bonchev–Trinajstić information content (AvgIpc) is 2.73. The van der Waals surface area contributed by atoms with Gasteiger partial charge in [0.25, 0.3) is 0 Å². The Hall–Kier alpha value is -1.92. The third-order valence-electron chi connectivity index (χ3n) is 5.89. The summed E-state index contributed by atoms with van der Waals surface area (Å²) in [7, 11) is 1.41. The maximum Gasteiger partial charge on any atom is 0.308 e. The molecule has 1 N–H and O–H groups in total. The number of hydrogen-bond donors (Lipinski definition) is 1. The molecular weight excluding hydrogens is 344 g/mol. The number of piperidine rings is 2. The molecule has 3 rings (SSSR count). The van der Waals surface area contributed by atoms with Crippen molar-refractivity contribution in [3.8, 4) is 0 Å². The van der Waals surface area contributed by atoms with E-state index >= 15 is 0 Å². The standard InChI is InChI=1S/C21H30N2O4/c1-27-21(26)17-10-13-22(14-11-17)19(24)15-23-12-6-5-9-18(23)20(25)16-7-3-2-4-8-16/h2-4,7-8,17-18,20,25H,5-6,9-15H2,1H3. The van der Waals surface area contributed by atoms with Gasteiger partial charge in [0.1, 0.15) is 0 Å². The lowest BCUT2D eigenvalue weighted by Crippen LogP contribution is -2.50. The van der Waals surface area contributed by atoms with Crippen LogP contribution in [-0.2, 0) is 14.3 Å². The lowest BCUT2D eigenvalue weighted by Gasteiger charge is -2.40. The summed E-state index contributed by atoms with van der Waals surface area (Å²) in [6, 6.07) is 9.66. The number of aliphatic hydroxyl groups excluding tert-OH is 1. The third kappa shape index (κ3) is 4.87. The molecular formula is C21H30N2O4. The van der Waals surface area contributed by atoms with Crippen molar-refractivity contribution in [1.29, 1.82) is 0 Å². The van der Waals surface area contributed by atoms with Gasteiger partial charge >= 0.3 is 5.97 Å². The monoisotopic (exact) mass is 374 g/mol. The molecule has 0 saturated carbocycles. The summed E-state index contributed by atoms with van der Waals surface area (Å²) in [5, 5.41) is 10.8. The summed E-state index contributed by atoms with van der Waals surface area (Å²) < 4.78 is 4.81. The number of methoxy groups -OCH3 is 1. The van der Waals surface area contributed by atoms with Crippen molar-refractivity contribution in [3.63, 3.8) is 0 Å². The first-order valence-electron chi connectivity index (χ1n) is 9.93. The third-order valence-corrected chi connectivity index (χ3v) is 5.89. The number of esters is 1. The van der Waals surface area contributed by atoms with Crippen LogP contribution in [0.25, 0.3) is 0 Å². The number of carbonyl (C=O) groups excluding carboxylic acids is 2. The molecule has 2 fully saturated rings. The lowest BCUT2D eigenvalue weighted by molar-refractivity contribution is -0.149. The summed E-state index contributed by atoms with van der Waals surface area (Å²) >= 11 is 0. The molecule has 1 aromatic carbocycles. The fourth-order valence-corrected chi connectivity index (χ4v) is 4.25. The first-order valence-corrected chi connectivity index (χ1v) is 9.93. The Bertz CT molecular complexity index is 628. The van der Waals surface area contributed by atoms with Crippen molar-refractivity contribution in [1.82, 2.24) is 9.80 Å². The van der Waals surface area contributed by atoms with E-state index in [0.29, 0.717) is 32.5 Å². The Labute approximate surface area is 161 Å². The van der Waals surface area contributed by atoms with Crippen molar-refractivity contribution in [2.75, 3.05) is 33.3 Å². The topological polar surface area (TPSA) is 70.1 Å². The van der Waals surface area contributed by atoms with Crippen LogP contribution in [0.2, 0.25) is 0 Å². The lowest BCUT2D eigenvalue weighted by atomic mass is 9.92. The number of hydrogen-bond acceptors (Lipinski definition) is 5. The molecule has 1 aromatic rings. The predicted octanol–water partition coefficient (Wildman–Crippen LogP) is 1.99. The molecule has 2 atom stereocenters. The summed E-state index contributed by atoms with van der Waals surface area (Å²) in [5.74, 6) is -0.184. The van der Waals surface area contributed by atoms with Crippen molar-refractivity contribution < 1.29 is 19.4 Å². The number of nitrogens with zero attached hydrogens (tertiary/aromatic N) is 2. The van der Waals surface area contributed by atoms with Crippen LogP contribution in [0.4, 0.5) is 0 Å². The summed E-state index contributed by atoms with van der Waals surface area (Å²) in [4.78, 5) is 28.4. The predicted molar refractivity (Wildman–Crippen MR) is 102 cm³/mol. The Balaban J connectivity index is 1.58. The van der Waals surface area contributed by atoms with Crippen LogP contribution in [0.15, 0.2) is 30.3 Å². The number of likely N-dealkylation sites (tertiary alicyclic amines) is 2. The quantitative estimate of drug-likeness (QED) is 0.798. The summed E-state index contributed by atoms with van der Waals surface area (Å²) in [6.07, 6.45) is 3.76. The van der Waals surface area contributed by atoms with Crippen molar-refractivity contribution in [3.05, 3.63) is 35.9 Å².